The number of halogens is 4. The van der Waals surface area contributed by atoms with Gasteiger partial charge in [-0.2, -0.15) is 13.2 Å². The van der Waals surface area contributed by atoms with E-state index in [1.165, 1.54) is 7.05 Å². The zero-order valence-corrected chi connectivity index (χ0v) is 13.1. The maximum absolute atomic E-state index is 13.1. The molecule has 1 heterocycles. The Kier molecular flexibility index (Phi) is 5.83. The van der Waals surface area contributed by atoms with Crippen molar-refractivity contribution < 1.29 is 17.6 Å². The van der Waals surface area contributed by atoms with Gasteiger partial charge in [0.25, 0.3) is 0 Å². The lowest BCUT2D eigenvalue weighted by Gasteiger charge is -2.16. The Morgan fingerprint density at radius 1 is 1.17 bits per heavy atom. The van der Waals surface area contributed by atoms with Crippen LogP contribution in [-0.2, 0) is 19.3 Å². The van der Waals surface area contributed by atoms with Gasteiger partial charge in [-0.1, -0.05) is 6.07 Å². The van der Waals surface area contributed by atoms with Crippen LogP contribution in [0.2, 0.25) is 0 Å². The number of guanidine groups is 1. The molecule has 2 N–H and O–H groups in total. The van der Waals surface area contributed by atoms with Gasteiger partial charge >= 0.3 is 6.18 Å². The van der Waals surface area contributed by atoms with Gasteiger partial charge in [0.1, 0.15) is 5.82 Å². The Hall–Kier alpha value is -2.51. The second-order valence-electron chi connectivity index (χ2n) is 5.07. The van der Waals surface area contributed by atoms with Crippen molar-refractivity contribution in [3.63, 3.8) is 0 Å². The lowest BCUT2D eigenvalue weighted by molar-refractivity contribution is -0.138. The van der Waals surface area contributed by atoms with Crippen LogP contribution >= 0.6 is 0 Å². The van der Waals surface area contributed by atoms with Crippen molar-refractivity contribution in [3.8, 4) is 0 Å². The van der Waals surface area contributed by atoms with Crippen LogP contribution in [-0.4, -0.2) is 24.1 Å². The number of nitrogens with one attached hydrogen (secondary N) is 2. The fourth-order valence-electron chi connectivity index (χ4n) is 2.19. The van der Waals surface area contributed by atoms with Crippen molar-refractivity contribution in [2.45, 2.75) is 19.3 Å². The minimum Gasteiger partial charge on any atom is -0.355 e. The van der Waals surface area contributed by atoms with Crippen molar-refractivity contribution in [2.24, 2.45) is 4.99 Å². The fourth-order valence-corrected chi connectivity index (χ4v) is 2.19. The van der Waals surface area contributed by atoms with E-state index in [0.29, 0.717) is 25.1 Å². The zero-order valence-electron chi connectivity index (χ0n) is 13.1. The third-order valence-corrected chi connectivity index (χ3v) is 3.38. The summed E-state index contributed by atoms with van der Waals surface area (Å²) in [6, 6.07) is 6.44. The predicted molar refractivity (Wildman–Crippen MR) is 84.0 cm³/mol. The molecule has 0 amide bonds. The van der Waals surface area contributed by atoms with E-state index in [1.807, 2.05) is 29.1 Å². The lowest BCUT2D eigenvalue weighted by atomic mass is 10.1. The van der Waals surface area contributed by atoms with Gasteiger partial charge in [-0.3, -0.25) is 4.99 Å². The summed E-state index contributed by atoms with van der Waals surface area (Å²) in [5, 5.41) is 5.82. The number of aromatic nitrogens is 1. The summed E-state index contributed by atoms with van der Waals surface area (Å²) in [4.78, 5) is 3.96. The zero-order chi connectivity index (χ0) is 17.6. The number of hydrogen-bond acceptors (Lipinski definition) is 1. The molecule has 0 unspecified atom stereocenters. The third-order valence-electron chi connectivity index (χ3n) is 3.38. The fraction of sp³-hybridized carbons (Fsp3) is 0.312. The first-order valence-electron chi connectivity index (χ1n) is 7.31. The first-order valence-corrected chi connectivity index (χ1v) is 7.31. The van der Waals surface area contributed by atoms with Crippen LogP contribution in [0.15, 0.2) is 47.7 Å². The highest BCUT2D eigenvalue weighted by Crippen LogP contribution is 2.32. The maximum Gasteiger partial charge on any atom is 0.416 e. The molecule has 24 heavy (non-hydrogen) atoms. The molecule has 4 nitrogen and oxygen atoms in total. The van der Waals surface area contributed by atoms with Gasteiger partial charge in [0.2, 0.25) is 0 Å². The van der Waals surface area contributed by atoms with Crippen molar-refractivity contribution in [3.05, 3.63) is 59.7 Å². The van der Waals surface area contributed by atoms with E-state index in [-0.39, 0.29) is 12.1 Å². The molecule has 0 spiro atoms. The van der Waals surface area contributed by atoms with Crippen molar-refractivity contribution in [1.29, 1.82) is 0 Å². The topological polar surface area (TPSA) is 41.4 Å². The summed E-state index contributed by atoms with van der Waals surface area (Å²) in [5.74, 6) is -0.542. The molecular formula is C16H18F4N4. The first-order chi connectivity index (χ1) is 11.4. The van der Waals surface area contributed by atoms with E-state index in [0.717, 1.165) is 12.1 Å². The molecule has 1 aromatic carbocycles. The smallest absolute Gasteiger partial charge is 0.355 e. The summed E-state index contributed by atoms with van der Waals surface area (Å²) in [7, 11) is 1.53. The Morgan fingerprint density at radius 3 is 2.50 bits per heavy atom. The Labute approximate surface area is 137 Å². The minimum absolute atomic E-state index is 0.0442. The molecule has 0 radical (unpaired) electrons. The summed E-state index contributed by atoms with van der Waals surface area (Å²) < 4.78 is 53.9. The van der Waals surface area contributed by atoms with Crippen molar-refractivity contribution in [2.75, 3.05) is 13.6 Å². The van der Waals surface area contributed by atoms with Gasteiger partial charge in [0.05, 0.1) is 5.56 Å². The van der Waals surface area contributed by atoms with Crippen molar-refractivity contribution >= 4 is 5.96 Å². The van der Waals surface area contributed by atoms with Gasteiger partial charge in [-0.05, 0) is 29.8 Å². The number of aliphatic imine (C=N–C) groups is 1. The van der Waals surface area contributed by atoms with E-state index >= 15 is 0 Å². The molecule has 2 aromatic rings. The summed E-state index contributed by atoms with van der Waals surface area (Å²) >= 11 is 0. The summed E-state index contributed by atoms with van der Waals surface area (Å²) in [5.41, 5.74) is -1.03. The van der Waals surface area contributed by atoms with Crippen LogP contribution in [0, 0.1) is 5.82 Å². The second-order valence-corrected chi connectivity index (χ2v) is 5.07. The molecular weight excluding hydrogens is 324 g/mol. The van der Waals surface area contributed by atoms with Crippen LogP contribution in [0.1, 0.15) is 11.1 Å². The molecule has 0 fully saturated rings. The molecule has 0 saturated carbocycles. The monoisotopic (exact) mass is 342 g/mol. The molecule has 0 saturated heterocycles. The van der Waals surface area contributed by atoms with Crippen LogP contribution in [0.4, 0.5) is 17.6 Å². The Bertz CT molecular complexity index is 678. The first kappa shape index (κ1) is 17.8. The largest absolute Gasteiger partial charge is 0.416 e. The number of alkyl halides is 3. The molecule has 0 bridgehead atoms. The molecule has 1 aromatic heterocycles. The van der Waals surface area contributed by atoms with Gasteiger partial charge in [-0.15, -0.1) is 0 Å². The van der Waals surface area contributed by atoms with Gasteiger partial charge in [0, 0.05) is 39.1 Å². The van der Waals surface area contributed by atoms with E-state index in [2.05, 4.69) is 15.6 Å². The summed E-state index contributed by atoms with van der Waals surface area (Å²) in [6.45, 7) is 1.14. The van der Waals surface area contributed by atoms with Gasteiger partial charge in [0.15, 0.2) is 5.96 Å². The normalized spacial score (nSPS) is 12.3. The maximum atomic E-state index is 13.1. The average molecular weight is 342 g/mol. The highest BCUT2D eigenvalue weighted by Gasteiger charge is 2.33. The second kappa shape index (κ2) is 7.85. The SMILES string of the molecule is CN=C(NCCn1cccc1)NCc1ccc(F)cc1C(F)(F)F. The predicted octanol–water partition coefficient (Wildman–Crippen LogP) is 3.01. The quantitative estimate of drug-likeness (QED) is 0.498. The van der Waals surface area contributed by atoms with Crippen molar-refractivity contribution in [1.82, 2.24) is 15.2 Å². The van der Waals surface area contributed by atoms with Crippen LogP contribution < -0.4 is 10.6 Å². The van der Waals surface area contributed by atoms with Crippen LogP contribution in [0.5, 0.6) is 0 Å². The number of benzene rings is 1. The summed E-state index contributed by atoms with van der Waals surface area (Å²) in [6.07, 6.45) is -0.789. The highest BCUT2D eigenvalue weighted by molar-refractivity contribution is 5.79. The number of hydrogen-bond donors (Lipinski definition) is 2. The Balaban J connectivity index is 1.93. The Morgan fingerprint density at radius 2 is 1.88 bits per heavy atom. The van der Waals surface area contributed by atoms with E-state index in [9.17, 15) is 17.6 Å². The number of rotatable bonds is 5. The van der Waals surface area contributed by atoms with E-state index < -0.39 is 17.6 Å². The standard InChI is InChI=1S/C16H18F4N4/c1-21-15(22-6-9-24-7-2-3-8-24)23-11-12-4-5-13(17)10-14(12)16(18,19)20/h2-5,7-8,10H,6,9,11H2,1H3,(H2,21,22,23). The third kappa shape index (κ3) is 5.00. The molecule has 0 aliphatic heterocycles. The number of nitrogens with zero attached hydrogens (tertiary/aromatic N) is 2. The van der Waals surface area contributed by atoms with Crippen LogP contribution in [0.25, 0.3) is 0 Å². The minimum atomic E-state index is -4.61. The van der Waals surface area contributed by atoms with E-state index in [4.69, 9.17) is 0 Å². The lowest BCUT2D eigenvalue weighted by Crippen LogP contribution is -2.38. The van der Waals surface area contributed by atoms with Gasteiger partial charge < -0.3 is 15.2 Å². The van der Waals surface area contributed by atoms with Gasteiger partial charge in [-0.25, -0.2) is 4.39 Å². The molecule has 8 heteroatoms. The molecule has 2 rings (SSSR count). The average Bonchev–Trinajstić information content (AvgIpc) is 3.04. The molecule has 0 aliphatic rings. The molecule has 0 atom stereocenters. The highest BCUT2D eigenvalue weighted by atomic mass is 19.4. The molecule has 130 valence electrons. The molecule has 0 aliphatic carbocycles. The van der Waals surface area contributed by atoms with Crippen LogP contribution in [0.3, 0.4) is 0 Å². The van der Waals surface area contributed by atoms with E-state index in [1.54, 1.807) is 0 Å².